The highest BCUT2D eigenvalue weighted by atomic mass is 15.1. The fraction of sp³-hybridized carbons (Fsp3) is 0.0800. The van der Waals surface area contributed by atoms with Gasteiger partial charge in [0, 0.05) is 17.1 Å². The standard InChI is InChI=1S/C50H39N/c1-4-6-19-42(28-34-15-8-7-9-16-34)51(33(3)14-5-2)41-26-24-35(25-27-41)45-32-40-30-39-23-22-38-29-36-17-10-12-20-43(36)47(38)49(39)48(40)46-31-37-18-11-13-21-44(37)50(45)46/h4-28,32H,1-2,29-31H2,3H3/b19-6-,33-14+,42-28-. The number of benzene rings is 6. The van der Waals surface area contributed by atoms with Gasteiger partial charge in [-0.1, -0.05) is 135 Å². The Bertz CT molecular complexity index is 2470. The average Bonchev–Trinajstić information content (AvgIpc) is 3.85. The molecule has 1 nitrogen and oxygen atoms in total. The highest BCUT2D eigenvalue weighted by Crippen LogP contribution is 2.55. The van der Waals surface area contributed by atoms with Crippen molar-refractivity contribution in [1.82, 2.24) is 0 Å². The first-order valence-corrected chi connectivity index (χ1v) is 17.9. The van der Waals surface area contributed by atoms with Crippen LogP contribution in [0.25, 0.3) is 50.6 Å². The number of anilines is 1. The molecule has 1 heteroatoms. The summed E-state index contributed by atoms with van der Waals surface area (Å²) < 4.78 is 0. The van der Waals surface area contributed by atoms with E-state index in [4.69, 9.17) is 0 Å². The first kappa shape index (κ1) is 30.8. The number of fused-ring (bicyclic) bond motifs is 11. The molecule has 0 amide bonds. The Kier molecular flexibility index (Phi) is 7.63. The molecule has 0 atom stereocenters. The van der Waals surface area contributed by atoms with Gasteiger partial charge < -0.3 is 4.90 Å². The number of rotatable bonds is 8. The summed E-state index contributed by atoms with van der Waals surface area (Å²) >= 11 is 0. The van der Waals surface area contributed by atoms with E-state index in [0.717, 1.165) is 41.9 Å². The van der Waals surface area contributed by atoms with Crippen LogP contribution in [0, 0.1) is 0 Å². The van der Waals surface area contributed by atoms with Crippen LogP contribution in [0.4, 0.5) is 5.69 Å². The third-order valence-corrected chi connectivity index (χ3v) is 10.8. The Morgan fingerprint density at radius 3 is 1.94 bits per heavy atom. The zero-order valence-electron chi connectivity index (χ0n) is 29.0. The largest absolute Gasteiger partial charge is 0.314 e. The molecule has 244 valence electrons. The molecule has 0 spiro atoms. The minimum atomic E-state index is 0.965. The Labute approximate surface area is 301 Å². The topological polar surface area (TPSA) is 3.24 Å². The van der Waals surface area contributed by atoms with Crippen molar-refractivity contribution in [1.29, 1.82) is 0 Å². The molecule has 0 saturated carbocycles. The second kappa shape index (κ2) is 12.6. The summed E-state index contributed by atoms with van der Waals surface area (Å²) in [5, 5.41) is 0. The zero-order valence-corrected chi connectivity index (χ0v) is 29.0. The highest BCUT2D eigenvalue weighted by molar-refractivity contribution is 6.03. The Hall–Kier alpha value is -6.18. The molecule has 9 rings (SSSR count). The van der Waals surface area contributed by atoms with Crippen molar-refractivity contribution in [2.75, 3.05) is 4.90 Å². The van der Waals surface area contributed by atoms with Crippen molar-refractivity contribution >= 4 is 11.8 Å². The van der Waals surface area contributed by atoms with Crippen molar-refractivity contribution in [2.24, 2.45) is 0 Å². The van der Waals surface area contributed by atoms with Crippen molar-refractivity contribution in [2.45, 2.75) is 26.2 Å². The van der Waals surface area contributed by atoms with Crippen LogP contribution in [-0.4, -0.2) is 0 Å². The molecule has 51 heavy (non-hydrogen) atoms. The van der Waals surface area contributed by atoms with Gasteiger partial charge in [-0.05, 0) is 146 Å². The van der Waals surface area contributed by atoms with Gasteiger partial charge in [-0.15, -0.1) is 0 Å². The summed E-state index contributed by atoms with van der Waals surface area (Å²) in [7, 11) is 0. The molecule has 6 aromatic carbocycles. The molecule has 0 unspecified atom stereocenters. The molecule has 3 aliphatic rings. The van der Waals surface area contributed by atoms with Gasteiger partial charge in [-0.2, -0.15) is 0 Å². The lowest BCUT2D eigenvalue weighted by Gasteiger charge is -2.27. The zero-order chi connectivity index (χ0) is 34.5. The van der Waals surface area contributed by atoms with E-state index < -0.39 is 0 Å². The Morgan fingerprint density at radius 1 is 0.569 bits per heavy atom. The van der Waals surface area contributed by atoms with Gasteiger partial charge in [-0.25, -0.2) is 0 Å². The predicted molar refractivity (Wildman–Crippen MR) is 217 cm³/mol. The van der Waals surface area contributed by atoms with Gasteiger partial charge in [0.25, 0.3) is 0 Å². The first-order chi connectivity index (χ1) is 25.1. The van der Waals surface area contributed by atoms with Crippen molar-refractivity contribution in [3.8, 4) is 44.5 Å². The Morgan fingerprint density at radius 2 is 1.22 bits per heavy atom. The molecule has 0 aromatic heterocycles. The number of hydrogen-bond donors (Lipinski definition) is 0. The van der Waals surface area contributed by atoms with Gasteiger partial charge >= 0.3 is 0 Å². The van der Waals surface area contributed by atoms with Crippen LogP contribution < -0.4 is 4.90 Å². The van der Waals surface area contributed by atoms with Gasteiger partial charge in [0.1, 0.15) is 0 Å². The van der Waals surface area contributed by atoms with Crippen LogP contribution in [0.3, 0.4) is 0 Å². The minimum absolute atomic E-state index is 0.965. The van der Waals surface area contributed by atoms with Crippen LogP contribution >= 0.6 is 0 Å². The summed E-state index contributed by atoms with van der Waals surface area (Å²) in [6.45, 7) is 10.1. The van der Waals surface area contributed by atoms with Crippen LogP contribution in [-0.2, 0) is 19.3 Å². The van der Waals surface area contributed by atoms with Gasteiger partial charge in [0.05, 0.1) is 0 Å². The van der Waals surface area contributed by atoms with Crippen LogP contribution in [0.15, 0.2) is 176 Å². The normalized spacial score (nSPS) is 13.7. The minimum Gasteiger partial charge on any atom is -0.314 e. The third-order valence-electron chi connectivity index (χ3n) is 10.8. The SMILES string of the molecule is C=C/C=C\C(=C\c1ccccc1)N(/C(C)=C/C=C)c1ccc(-c2cc3c(c4c2-c2ccccc2C4)-c2c(ccc4c2-c2ccccc2C4)C3)cc1. The number of allylic oxidation sites excluding steroid dienone is 6. The second-order valence-corrected chi connectivity index (χ2v) is 13.8. The van der Waals surface area contributed by atoms with E-state index in [1.165, 1.54) is 77.9 Å². The molecule has 0 N–H and O–H groups in total. The molecule has 0 fully saturated rings. The molecular formula is C50H39N. The van der Waals surface area contributed by atoms with E-state index in [0.29, 0.717) is 0 Å². The maximum atomic E-state index is 4.00. The fourth-order valence-electron chi connectivity index (χ4n) is 8.64. The number of hydrogen-bond acceptors (Lipinski definition) is 1. The van der Waals surface area contributed by atoms with Crippen LogP contribution in [0.5, 0.6) is 0 Å². The van der Waals surface area contributed by atoms with Crippen LogP contribution in [0.1, 0.15) is 45.9 Å². The summed E-state index contributed by atoms with van der Waals surface area (Å²) in [5.74, 6) is 0. The van der Waals surface area contributed by atoms with E-state index in [1.54, 1.807) is 0 Å². The van der Waals surface area contributed by atoms with Crippen molar-refractivity contribution < 1.29 is 0 Å². The van der Waals surface area contributed by atoms with E-state index >= 15 is 0 Å². The predicted octanol–water partition coefficient (Wildman–Crippen LogP) is 12.7. The molecule has 3 aliphatic carbocycles. The lowest BCUT2D eigenvalue weighted by molar-refractivity contribution is 1.11. The quantitative estimate of drug-likeness (QED) is 0.148. The van der Waals surface area contributed by atoms with Crippen molar-refractivity contribution in [3.05, 3.63) is 215 Å². The maximum Gasteiger partial charge on any atom is 0.0464 e. The van der Waals surface area contributed by atoms with Gasteiger partial charge in [0.15, 0.2) is 0 Å². The maximum absolute atomic E-state index is 4.00. The third kappa shape index (κ3) is 5.16. The molecule has 0 aliphatic heterocycles. The van der Waals surface area contributed by atoms with E-state index in [2.05, 4.69) is 158 Å². The molecule has 0 saturated heterocycles. The summed E-state index contributed by atoms with van der Waals surface area (Å²) in [6, 6.07) is 44.9. The second-order valence-electron chi connectivity index (χ2n) is 13.8. The average molecular weight is 654 g/mol. The van der Waals surface area contributed by atoms with Crippen molar-refractivity contribution in [3.63, 3.8) is 0 Å². The summed E-state index contributed by atoms with van der Waals surface area (Å²) in [5.41, 5.74) is 24.2. The molecule has 0 radical (unpaired) electrons. The van der Waals surface area contributed by atoms with E-state index in [9.17, 15) is 0 Å². The molecule has 0 bridgehead atoms. The van der Waals surface area contributed by atoms with Crippen LogP contribution in [0.2, 0.25) is 0 Å². The monoisotopic (exact) mass is 653 g/mol. The van der Waals surface area contributed by atoms with Gasteiger partial charge in [0.2, 0.25) is 0 Å². The molecule has 6 aromatic rings. The number of nitrogens with zero attached hydrogens (tertiary/aromatic N) is 1. The highest BCUT2D eigenvalue weighted by Gasteiger charge is 2.35. The summed E-state index contributed by atoms with van der Waals surface area (Å²) in [4.78, 5) is 2.29. The van der Waals surface area contributed by atoms with Gasteiger partial charge in [-0.3, -0.25) is 0 Å². The van der Waals surface area contributed by atoms with E-state index in [-0.39, 0.29) is 0 Å². The Balaban J connectivity index is 1.19. The van der Waals surface area contributed by atoms with E-state index in [1.807, 2.05) is 24.3 Å². The molecular weight excluding hydrogens is 615 g/mol. The lowest BCUT2D eigenvalue weighted by Crippen LogP contribution is -2.19. The molecule has 0 heterocycles. The lowest BCUT2D eigenvalue weighted by atomic mass is 9.86. The smallest absolute Gasteiger partial charge is 0.0464 e. The fourth-order valence-corrected chi connectivity index (χ4v) is 8.64. The first-order valence-electron chi connectivity index (χ1n) is 17.9. The summed E-state index contributed by atoms with van der Waals surface area (Å²) in [6.07, 6.45) is 15.0.